The van der Waals surface area contributed by atoms with E-state index in [4.69, 9.17) is 0 Å². The summed E-state index contributed by atoms with van der Waals surface area (Å²) in [6.07, 6.45) is 7.74. The molecule has 2 unspecified atom stereocenters. The zero-order chi connectivity index (χ0) is 24.8. The first-order valence-corrected chi connectivity index (χ1v) is 12.4. The molecule has 2 heterocycles. The molecule has 35 heavy (non-hydrogen) atoms. The highest BCUT2D eigenvalue weighted by atomic mass is 19.1. The summed E-state index contributed by atoms with van der Waals surface area (Å²) in [5.74, 6) is -0.713. The lowest BCUT2D eigenvalue weighted by molar-refractivity contribution is -0.129. The monoisotopic (exact) mass is 476 g/mol. The summed E-state index contributed by atoms with van der Waals surface area (Å²) in [4.78, 5) is 30.7. The maximum absolute atomic E-state index is 15.9. The van der Waals surface area contributed by atoms with E-state index >= 15 is 4.39 Å². The average molecular weight is 477 g/mol. The Bertz CT molecular complexity index is 1140. The zero-order valence-electron chi connectivity index (χ0n) is 20.3. The van der Waals surface area contributed by atoms with Crippen molar-refractivity contribution < 1.29 is 14.0 Å². The van der Waals surface area contributed by atoms with Crippen LogP contribution in [0.1, 0.15) is 62.6 Å². The highest BCUT2D eigenvalue weighted by molar-refractivity contribution is 5.93. The van der Waals surface area contributed by atoms with Gasteiger partial charge < -0.3 is 15.2 Å². The molecule has 1 amide bonds. The number of imidazole rings is 1. The number of amides is 1. The minimum atomic E-state index is -0.932. The van der Waals surface area contributed by atoms with Gasteiger partial charge in [0.25, 0.3) is 0 Å². The molecule has 0 aliphatic carbocycles. The number of halogens is 1. The highest BCUT2D eigenvalue weighted by Gasteiger charge is 2.31. The van der Waals surface area contributed by atoms with E-state index in [1.54, 1.807) is 18.6 Å². The van der Waals surface area contributed by atoms with E-state index in [1.807, 2.05) is 61.0 Å². The van der Waals surface area contributed by atoms with Crippen molar-refractivity contribution >= 4 is 11.7 Å². The number of hydrogen-bond acceptors (Lipinski definition) is 4. The molecular formula is C28H33FN4O2. The van der Waals surface area contributed by atoms with E-state index in [0.717, 1.165) is 19.4 Å². The first-order valence-electron chi connectivity index (χ1n) is 12.4. The molecule has 7 heteroatoms. The van der Waals surface area contributed by atoms with E-state index in [9.17, 15) is 9.59 Å². The highest BCUT2D eigenvalue weighted by Crippen LogP contribution is 2.36. The van der Waals surface area contributed by atoms with Crippen LogP contribution in [0.2, 0.25) is 0 Å². The molecule has 3 aromatic rings. The first kappa shape index (κ1) is 24.8. The van der Waals surface area contributed by atoms with Crippen molar-refractivity contribution in [1.29, 1.82) is 0 Å². The molecule has 0 bridgehead atoms. The van der Waals surface area contributed by atoms with Crippen LogP contribution in [-0.2, 0) is 16.1 Å². The van der Waals surface area contributed by atoms with E-state index in [2.05, 4.69) is 15.6 Å². The lowest BCUT2D eigenvalue weighted by Gasteiger charge is -2.25. The van der Waals surface area contributed by atoms with Crippen molar-refractivity contribution in [2.24, 2.45) is 0 Å². The number of hydrogen-bond donors (Lipinski definition) is 2. The Balaban J connectivity index is 1.70. The SMILES string of the molecule is CC(C)c1ccc(C(NC(=O)C2CCCN2)C(=O)CCCn2ccnc2)c(-c2ccccc2)c1F. The van der Waals surface area contributed by atoms with Crippen molar-refractivity contribution in [1.82, 2.24) is 20.2 Å². The number of nitrogens with one attached hydrogen (secondary N) is 2. The van der Waals surface area contributed by atoms with Crippen LogP contribution < -0.4 is 10.6 Å². The third kappa shape index (κ3) is 5.85. The van der Waals surface area contributed by atoms with Crippen molar-refractivity contribution in [2.45, 2.75) is 64.1 Å². The van der Waals surface area contributed by atoms with Gasteiger partial charge in [0.2, 0.25) is 5.91 Å². The minimum absolute atomic E-state index is 0.0203. The molecule has 184 valence electrons. The minimum Gasteiger partial charge on any atom is -0.341 e. The summed E-state index contributed by atoms with van der Waals surface area (Å²) in [5.41, 5.74) is 2.15. The van der Waals surface area contributed by atoms with Gasteiger partial charge in [-0.25, -0.2) is 9.37 Å². The van der Waals surface area contributed by atoms with E-state index in [1.165, 1.54) is 0 Å². The predicted molar refractivity (Wildman–Crippen MR) is 134 cm³/mol. The van der Waals surface area contributed by atoms with Gasteiger partial charge in [0.05, 0.1) is 12.4 Å². The van der Waals surface area contributed by atoms with Crippen molar-refractivity contribution in [3.8, 4) is 11.1 Å². The van der Waals surface area contributed by atoms with Gasteiger partial charge in [-0.2, -0.15) is 0 Å². The number of aryl methyl sites for hydroxylation is 1. The second kappa shape index (κ2) is 11.4. The summed E-state index contributed by atoms with van der Waals surface area (Å²) in [6, 6.07) is 11.5. The summed E-state index contributed by atoms with van der Waals surface area (Å²) in [7, 11) is 0. The average Bonchev–Trinajstić information content (AvgIpc) is 3.57. The topological polar surface area (TPSA) is 76.0 Å². The second-order valence-electron chi connectivity index (χ2n) is 9.41. The number of Topliss-reactive ketones (excluding diaryl/α,β-unsaturated/α-hetero) is 1. The van der Waals surface area contributed by atoms with E-state index < -0.39 is 6.04 Å². The van der Waals surface area contributed by atoms with Gasteiger partial charge in [0, 0.05) is 30.9 Å². The van der Waals surface area contributed by atoms with E-state index in [0.29, 0.717) is 35.2 Å². The number of nitrogens with zero attached hydrogens (tertiary/aromatic N) is 2. The molecule has 1 aromatic heterocycles. The lowest BCUT2D eigenvalue weighted by Crippen LogP contribution is -2.44. The summed E-state index contributed by atoms with van der Waals surface area (Å²) in [6.45, 7) is 5.30. The standard InChI is InChI=1S/C28H33FN4O2/c1-19(2)21-12-13-22(25(26(21)29)20-8-4-3-5-9-20)27(32-28(35)23-10-6-14-31-23)24(34)11-7-16-33-17-15-30-18-33/h3-5,8-9,12-13,15,17-19,23,27,31H,6-7,10-11,14,16H2,1-2H3,(H,32,35). The Kier molecular flexibility index (Phi) is 8.08. The molecule has 1 aliphatic heterocycles. The van der Waals surface area contributed by atoms with Crippen LogP contribution in [-0.4, -0.2) is 33.8 Å². The third-order valence-electron chi connectivity index (χ3n) is 6.58. The number of benzene rings is 2. The van der Waals surface area contributed by atoms with Crippen molar-refractivity contribution in [3.05, 3.63) is 78.1 Å². The molecule has 2 aromatic carbocycles. The summed E-state index contributed by atoms with van der Waals surface area (Å²) >= 11 is 0. The van der Waals surface area contributed by atoms with Crippen LogP contribution in [0.15, 0.2) is 61.2 Å². The van der Waals surface area contributed by atoms with Gasteiger partial charge in [-0.3, -0.25) is 9.59 Å². The maximum atomic E-state index is 15.9. The van der Waals surface area contributed by atoms with Crippen LogP contribution >= 0.6 is 0 Å². The van der Waals surface area contributed by atoms with Gasteiger partial charge in [-0.05, 0) is 48.4 Å². The number of carbonyl (C=O) groups excluding carboxylic acids is 2. The van der Waals surface area contributed by atoms with Gasteiger partial charge in [0.15, 0.2) is 5.78 Å². The Morgan fingerprint density at radius 3 is 2.60 bits per heavy atom. The molecule has 1 saturated heterocycles. The third-order valence-corrected chi connectivity index (χ3v) is 6.58. The van der Waals surface area contributed by atoms with E-state index in [-0.39, 0.29) is 35.9 Å². The van der Waals surface area contributed by atoms with Gasteiger partial charge >= 0.3 is 0 Å². The fraction of sp³-hybridized carbons (Fsp3) is 0.393. The molecule has 1 fully saturated rings. The molecule has 0 saturated carbocycles. The molecule has 2 atom stereocenters. The van der Waals surface area contributed by atoms with Gasteiger partial charge in [-0.1, -0.05) is 56.3 Å². The van der Waals surface area contributed by atoms with Crippen LogP contribution in [0, 0.1) is 5.82 Å². The smallest absolute Gasteiger partial charge is 0.237 e. The predicted octanol–water partition coefficient (Wildman–Crippen LogP) is 4.77. The number of aromatic nitrogens is 2. The normalized spacial score (nSPS) is 16.4. The quantitative estimate of drug-likeness (QED) is 0.442. The van der Waals surface area contributed by atoms with Crippen LogP contribution in [0.25, 0.3) is 11.1 Å². The molecular weight excluding hydrogens is 443 g/mol. The number of carbonyl (C=O) groups is 2. The molecule has 0 spiro atoms. The molecule has 1 aliphatic rings. The Morgan fingerprint density at radius 1 is 1.17 bits per heavy atom. The number of ketones is 1. The van der Waals surface area contributed by atoms with Crippen LogP contribution in [0.3, 0.4) is 0 Å². The van der Waals surface area contributed by atoms with Gasteiger partial charge in [-0.15, -0.1) is 0 Å². The van der Waals surface area contributed by atoms with Crippen molar-refractivity contribution in [3.63, 3.8) is 0 Å². The molecule has 0 radical (unpaired) electrons. The molecule has 6 nitrogen and oxygen atoms in total. The van der Waals surface area contributed by atoms with Crippen LogP contribution in [0.4, 0.5) is 4.39 Å². The summed E-state index contributed by atoms with van der Waals surface area (Å²) < 4.78 is 17.8. The first-order chi connectivity index (χ1) is 17.0. The Morgan fingerprint density at radius 2 is 1.94 bits per heavy atom. The van der Waals surface area contributed by atoms with Gasteiger partial charge in [0.1, 0.15) is 11.9 Å². The largest absolute Gasteiger partial charge is 0.341 e. The number of rotatable bonds is 10. The molecule has 2 N–H and O–H groups in total. The Labute approximate surface area is 206 Å². The Hall–Kier alpha value is -3.32. The van der Waals surface area contributed by atoms with Crippen LogP contribution in [0.5, 0.6) is 0 Å². The second-order valence-corrected chi connectivity index (χ2v) is 9.41. The maximum Gasteiger partial charge on any atom is 0.237 e. The lowest BCUT2D eigenvalue weighted by atomic mass is 9.87. The zero-order valence-corrected chi connectivity index (χ0v) is 20.3. The molecule has 4 rings (SSSR count). The fourth-order valence-corrected chi connectivity index (χ4v) is 4.67. The van der Waals surface area contributed by atoms with Crippen molar-refractivity contribution in [2.75, 3.05) is 6.54 Å². The summed E-state index contributed by atoms with van der Waals surface area (Å²) in [5, 5.41) is 6.16. The fourth-order valence-electron chi connectivity index (χ4n) is 4.67.